The monoisotopic (exact) mass is 365 g/mol. The van der Waals surface area contributed by atoms with E-state index >= 15 is 0 Å². The highest BCUT2D eigenvalue weighted by Gasteiger charge is 2.35. The maximum atomic E-state index is 13.1. The molecule has 2 amide bonds. The number of likely N-dealkylation sites (tertiary alicyclic amines) is 1. The number of fused-ring (bicyclic) bond motifs is 1. The summed E-state index contributed by atoms with van der Waals surface area (Å²) in [6.45, 7) is 0.761. The molecular weight excluding hydrogens is 346 g/mol. The number of nitrogens with one attached hydrogen (secondary N) is 2. The smallest absolute Gasteiger partial charge is 0.255 e. The number of carbonyl (C=O) groups is 2. The van der Waals surface area contributed by atoms with Crippen LogP contribution < -0.4 is 10.9 Å². The van der Waals surface area contributed by atoms with Gasteiger partial charge in [-0.2, -0.15) is 0 Å². The van der Waals surface area contributed by atoms with Gasteiger partial charge in [0.1, 0.15) is 11.8 Å². The van der Waals surface area contributed by atoms with Crippen LogP contribution in [0.3, 0.4) is 0 Å². The Morgan fingerprint density at radius 1 is 1.22 bits per heavy atom. The van der Waals surface area contributed by atoms with Gasteiger partial charge in [0.05, 0.1) is 18.4 Å². The number of amides is 2. The molecule has 3 heterocycles. The van der Waals surface area contributed by atoms with Gasteiger partial charge in [0.2, 0.25) is 11.5 Å². The van der Waals surface area contributed by atoms with Crippen molar-refractivity contribution in [3.8, 4) is 0 Å². The highest BCUT2D eigenvalue weighted by atomic mass is 16.3. The van der Waals surface area contributed by atoms with Crippen molar-refractivity contribution < 1.29 is 14.0 Å². The van der Waals surface area contributed by atoms with Crippen LogP contribution in [0.5, 0.6) is 0 Å². The maximum Gasteiger partial charge on any atom is 0.255 e. The molecule has 2 aromatic heterocycles. The van der Waals surface area contributed by atoms with Crippen molar-refractivity contribution in [2.75, 3.05) is 6.54 Å². The number of pyridine rings is 1. The largest absolute Gasteiger partial charge is 0.467 e. The fraction of sp³-hybridized carbons (Fsp3) is 0.250. The molecule has 1 aliphatic heterocycles. The predicted octanol–water partition coefficient (Wildman–Crippen LogP) is 2.04. The summed E-state index contributed by atoms with van der Waals surface area (Å²) in [5, 5.41) is 3.49. The Kier molecular flexibility index (Phi) is 4.50. The Morgan fingerprint density at radius 3 is 2.89 bits per heavy atom. The van der Waals surface area contributed by atoms with E-state index in [0.717, 1.165) is 6.42 Å². The van der Waals surface area contributed by atoms with Crippen LogP contribution in [-0.4, -0.2) is 34.3 Å². The van der Waals surface area contributed by atoms with Gasteiger partial charge in [-0.05, 0) is 31.0 Å². The molecule has 7 heteroatoms. The molecule has 1 atom stereocenters. The van der Waals surface area contributed by atoms with E-state index in [1.165, 1.54) is 6.07 Å². The first-order valence-electron chi connectivity index (χ1n) is 8.86. The maximum absolute atomic E-state index is 13.1. The Bertz CT molecular complexity index is 1040. The van der Waals surface area contributed by atoms with E-state index in [-0.39, 0.29) is 23.9 Å². The molecule has 7 nitrogen and oxygen atoms in total. The highest BCUT2D eigenvalue weighted by Crippen LogP contribution is 2.23. The van der Waals surface area contributed by atoms with Gasteiger partial charge in [0, 0.05) is 23.5 Å². The van der Waals surface area contributed by atoms with E-state index in [9.17, 15) is 14.4 Å². The van der Waals surface area contributed by atoms with E-state index in [0.29, 0.717) is 35.2 Å². The second-order valence-electron chi connectivity index (χ2n) is 6.55. The summed E-state index contributed by atoms with van der Waals surface area (Å²) in [5.74, 6) is 0.138. The van der Waals surface area contributed by atoms with Gasteiger partial charge in [0.25, 0.3) is 5.91 Å². The predicted molar refractivity (Wildman–Crippen MR) is 99.2 cm³/mol. The Hall–Kier alpha value is -3.35. The SMILES string of the molecule is O=C(NCc1ccco1)[C@@H]1CCCN1C(=O)c1cc(=O)[nH]c2ccccc12. The van der Waals surface area contributed by atoms with E-state index in [2.05, 4.69) is 10.3 Å². The first kappa shape index (κ1) is 17.1. The molecule has 1 aliphatic rings. The molecule has 27 heavy (non-hydrogen) atoms. The zero-order chi connectivity index (χ0) is 18.8. The van der Waals surface area contributed by atoms with Crippen LogP contribution in [0, 0.1) is 0 Å². The van der Waals surface area contributed by atoms with Gasteiger partial charge in [-0.1, -0.05) is 18.2 Å². The van der Waals surface area contributed by atoms with Crippen molar-refractivity contribution >= 4 is 22.7 Å². The van der Waals surface area contributed by atoms with Crippen LogP contribution in [0.25, 0.3) is 10.9 Å². The molecule has 3 aromatic rings. The van der Waals surface area contributed by atoms with Gasteiger partial charge in [0.15, 0.2) is 0 Å². The minimum absolute atomic E-state index is 0.216. The van der Waals surface area contributed by atoms with Crippen molar-refractivity contribution in [2.24, 2.45) is 0 Å². The summed E-state index contributed by atoms with van der Waals surface area (Å²) in [5.41, 5.74) is 0.585. The second kappa shape index (κ2) is 7.11. The second-order valence-corrected chi connectivity index (χ2v) is 6.55. The first-order chi connectivity index (χ1) is 13.1. The van der Waals surface area contributed by atoms with E-state index in [4.69, 9.17) is 4.42 Å². The van der Waals surface area contributed by atoms with Crippen molar-refractivity contribution in [3.05, 3.63) is 70.4 Å². The lowest BCUT2D eigenvalue weighted by Crippen LogP contribution is -2.45. The Morgan fingerprint density at radius 2 is 2.07 bits per heavy atom. The summed E-state index contributed by atoms with van der Waals surface area (Å²) in [6, 6.07) is 11.4. The van der Waals surface area contributed by atoms with Crippen molar-refractivity contribution in [1.29, 1.82) is 0 Å². The van der Waals surface area contributed by atoms with Crippen molar-refractivity contribution in [1.82, 2.24) is 15.2 Å². The standard InChI is InChI=1S/C20H19N3O4/c24-18-11-15(14-6-1-2-7-16(14)22-18)20(26)23-9-3-8-17(23)19(25)21-12-13-5-4-10-27-13/h1-2,4-7,10-11,17H,3,8-9,12H2,(H,21,25)(H,22,24)/t17-/m0/s1. The Balaban J connectivity index is 1.58. The molecular formula is C20H19N3O4. The molecule has 0 bridgehead atoms. The highest BCUT2D eigenvalue weighted by molar-refractivity contribution is 6.07. The first-order valence-corrected chi connectivity index (χ1v) is 8.86. The van der Waals surface area contributed by atoms with Crippen molar-refractivity contribution in [2.45, 2.75) is 25.4 Å². The van der Waals surface area contributed by atoms with Crippen LogP contribution in [0.15, 0.2) is 57.9 Å². The number of benzene rings is 1. The number of aromatic nitrogens is 1. The lowest BCUT2D eigenvalue weighted by atomic mass is 10.1. The minimum Gasteiger partial charge on any atom is -0.467 e. The number of carbonyl (C=O) groups excluding carboxylic acids is 2. The normalized spacial score (nSPS) is 16.6. The third-order valence-electron chi connectivity index (χ3n) is 4.81. The molecule has 138 valence electrons. The number of hydrogen-bond acceptors (Lipinski definition) is 4. The molecule has 0 unspecified atom stereocenters. The van der Waals surface area contributed by atoms with E-state index in [1.807, 2.05) is 6.07 Å². The van der Waals surface area contributed by atoms with Crippen LogP contribution in [0.4, 0.5) is 0 Å². The Labute approximate surface area is 155 Å². The van der Waals surface area contributed by atoms with Gasteiger partial charge in [-0.25, -0.2) is 0 Å². The molecule has 0 radical (unpaired) electrons. The fourth-order valence-corrected chi connectivity index (χ4v) is 3.52. The average molecular weight is 365 g/mol. The van der Waals surface area contributed by atoms with Gasteiger partial charge >= 0.3 is 0 Å². The third kappa shape index (κ3) is 3.36. The van der Waals surface area contributed by atoms with E-state index in [1.54, 1.807) is 41.5 Å². The summed E-state index contributed by atoms with van der Waals surface area (Å²) in [4.78, 5) is 42.0. The number of nitrogens with zero attached hydrogens (tertiary/aromatic N) is 1. The van der Waals surface area contributed by atoms with Crippen molar-refractivity contribution in [3.63, 3.8) is 0 Å². The quantitative estimate of drug-likeness (QED) is 0.740. The van der Waals surface area contributed by atoms with Crippen LogP contribution >= 0.6 is 0 Å². The average Bonchev–Trinajstić information content (AvgIpc) is 3.36. The van der Waals surface area contributed by atoms with Gasteiger partial charge in [-0.3, -0.25) is 14.4 Å². The molecule has 0 aliphatic carbocycles. The zero-order valence-electron chi connectivity index (χ0n) is 14.6. The number of para-hydroxylation sites is 1. The molecule has 1 aromatic carbocycles. The third-order valence-corrected chi connectivity index (χ3v) is 4.81. The van der Waals surface area contributed by atoms with Crippen LogP contribution in [0.2, 0.25) is 0 Å². The molecule has 2 N–H and O–H groups in total. The number of furan rings is 1. The zero-order valence-corrected chi connectivity index (χ0v) is 14.6. The summed E-state index contributed by atoms with van der Waals surface area (Å²) < 4.78 is 5.22. The lowest BCUT2D eigenvalue weighted by Gasteiger charge is -2.24. The summed E-state index contributed by atoms with van der Waals surface area (Å²) >= 11 is 0. The number of aromatic amines is 1. The van der Waals surface area contributed by atoms with Crippen LogP contribution in [0.1, 0.15) is 29.0 Å². The summed E-state index contributed by atoms with van der Waals surface area (Å²) in [6.07, 6.45) is 2.88. The van der Waals surface area contributed by atoms with Crippen LogP contribution in [-0.2, 0) is 11.3 Å². The van der Waals surface area contributed by atoms with E-state index < -0.39 is 6.04 Å². The lowest BCUT2D eigenvalue weighted by molar-refractivity contribution is -0.125. The van der Waals surface area contributed by atoms with Gasteiger partial charge in [-0.15, -0.1) is 0 Å². The minimum atomic E-state index is -0.550. The molecule has 0 spiro atoms. The number of hydrogen-bond donors (Lipinski definition) is 2. The molecule has 1 fully saturated rings. The molecule has 0 saturated carbocycles. The molecule has 4 rings (SSSR count). The summed E-state index contributed by atoms with van der Waals surface area (Å²) in [7, 11) is 0. The number of rotatable bonds is 4. The van der Waals surface area contributed by atoms with Gasteiger partial charge < -0.3 is 19.6 Å². The number of H-pyrrole nitrogens is 1. The fourth-order valence-electron chi connectivity index (χ4n) is 3.52. The molecule has 1 saturated heterocycles. The topological polar surface area (TPSA) is 95.4 Å².